The minimum atomic E-state index is -0.479. The Morgan fingerprint density at radius 2 is 1.69 bits per heavy atom. The molecule has 0 aromatic heterocycles. The molecule has 0 unspecified atom stereocenters. The average molecular weight is 433 g/mol. The van der Waals surface area contributed by atoms with Crippen molar-refractivity contribution in [3.05, 3.63) is 77.1 Å². The maximum absolute atomic E-state index is 13.4. The fraction of sp³-hybridized carbons (Fsp3) is 0.464. The van der Waals surface area contributed by atoms with Crippen LogP contribution in [0, 0.1) is 5.82 Å². The predicted octanol–water partition coefficient (Wildman–Crippen LogP) is 5.20. The molecule has 2 aromatic carbocycles. The van der Waals surface area contributed by atoms with Crippen LogP contribution in [0.4, 0.5) is 4.39 Å². The van der Waals surface area contributed by atoms with Crippen molar-refractivity contribution in [1.29, 1.82) is 0 Å². The maximum Gasteiger partial charge on any atom is 0.230 e. The van der Waals surface area contributed by atoms with Crippen LogP contribution in [-0.4, -0.2) is 37.0 Å². The molecular formula is C28H33FN2O. The molecule has 2 fully saturated rings. The molecule has 3 aliphatic rings. The standard InChI is InChI=1S/C28H33FN2O/c29-24-10-8-23(9-11-24)28(13-3-4-14-28)26(32)30-18-5-19-31-20-16-27(17-21-31)15-12-22-6-1-2-7-25(22)27/h1-2,6-12,15H,3-5,13-14,16-21H2,(H,30,32). The van der Waals surface area contributed by atoms with Crippen LogP contribution in [0.5, 0.6) is 0 Å². The van der Waals surface area contributed by atoms with Crippen molar-refractivity contribution >= 4 is 12.0 Å². The number of fused-ring (bicyclic) bond motifs is 2. The van der Waals surface area contributed by atoms with Crippen LogP contribution >= 0.6 is 0 Å². The third-order valence-corrected chi connectivity index (χ3v) is 8.05. The van der Waals surface area contributed by atoms with Gasteiger partial charge in [0.15, 0.2) is 0 Å². The van der Waals surface area contributed by atoms with Crippen LogP contribution in [0.3, 0.4) is 0 Å². The highest BCUT2D eigenvalue weighted by molar-refractivity contribution is 5.88. The second-order valence-corrected chi connectivity index (χ2v) is 9.82. The summed E-state index contributed by atoms with van der Waals surface area (Å²) in [5.74, 6) is -0.130. The molecule has 1 aliphatic heterocycles. The van der Waals surface area contributed by atoms with E-state index in [9.17, 15) is 9.18 Å². The Bertz CT molecular complexity index is 983. The van der Waals surface area contributed by atoms with Crippen LogP contribution in [0.1, 0.15) is 61.6 Å². The lowest BCUT2D eigenvalue weighted by Gasteiger charge is -2.39. The topological polar surface area (TPSA) is 32.3 Å². The molecule has 5 rings (SSSR count). The van der Waals surface area contributed by atoms with Gasteiger partial charge >= 0.3 is 0 Å². The first-order valence-electron chi connectivity index (χ1n) is 12.2. The van der Waals surface area contributed by atoms with Gasteiger partial charge in [-0.25, -0.2) is 4.39 Å². The number of hydrogen-bond donors (Lipinski definition) is 1. The lowest BCUT2D eigenvalue weighted by Crippen LogP contribution is -2.44. The molecule has 168 valence electrons. The summed E-state index contributed by atoms with van der Waals surface area (Å²) < 4.78 is 13.4. The molecule has 1 N–H and O–H groups in total. The molecule has 1 amide bonds. The van der Waals surface area contributed by atoms with Gasteiger partial charge in [-0.15, -0.1) is 0 Å². The van der Waals surface area contributed by atoms with Gasteiger partial charge in [-0.3, -0.25) is 4.79 Å². The smallest absolute Gasteiger partial charge is 0.230 e. The van der Waals surface area contributed by atoms with E-state index in [4.69, 9.17) is 0 Å². The first-order valence-corrected chi connectivity index (χ1v) is 12.2. The van der Waals surface area contributed by atoms with E-state index in [2.05, 4.69) is 46.6 Å². The van der Waals surface area contributed by atoms with Gasteiger partial charge in [-0.2, -0.15) is 0 Å². The van der Waals surface area contributed by atoms with Crippen LogP contribution in [0.2, 0.25) is 0 Å². The summed E-state index contributed by atoms with van der Waals surface area (Å²) in [7, 11) is 0. The molecule has 32 heavy (non-hydrogen) atoms. The third-order valence-electron chi connectivity index (χ3n) is 8.05. The minimum absolute atomic E-state index is 0.118. The molecular weight excluding hydrogens is 399 g/mol. The highest BCUT2D eigenvalue weighted by Crippen LogP contribution is 2.44. The molecule has 0 atom stereocenters. The van der Waals surface area contributed by atoms with Crippen molar-refractivity contribution in [2.75, 3.05) is 26.2 Å². The summed E-state index contributed by atoms with van der Waals surface area (Å²) in [6.07, 6.45) is 11.8. The van der Waals surface area contributed by atoms with E-state index in [0.717, 1.165) is 57.3 Å². The van der Waals surface area contributed by atoms with Crippen molar-refractivity contribution in [3.63, 3.8) is 0 Å². The Hall–Kier alpha value is -2.46. The van der Waals surface area contributed by atoms with E-state index in [1.165, 1.54) is 36.1 Å². The first-order chi connectivity index (χ1) is 15.6. The molecule has 0 bridgehead atoms. The lowest BCUT2D eigenvalue weighted by molar-refractivity contribution is -0.126. The van der Waals surface area contributed by atoms with E-state index < -0.39 is 5.41 Å². The average Bonchev–Trinajstić information content (AvgIpc) is 3.46. The molecule has 1 saturated heterocycles. The third kappa shape index (κ3) is 3.90. The maximum atomic E-state index is 13.4. The zero-order valence-corrected chi connectivity index (χ0v) is 18.8. The fourth-order valence-corrected chi connectivity index (χ4v) is 6.11. The van der Waals surface area contributed by atoms with E-state index in [0.29, 0.717) is 6.54 Å². The normalized spacial score (nSPS) is 21.0. The van der Waals surface area contributed by atoms with Gasteiger partial charge in [0.1, 0.15) is 5.82 Å². The fourth-order valence-electron chi connectivity index (χ4n) is 6.11. The highest BCUT2D eigenvalue weighted by Gasteiger charge is 2.42. The monoisotopic (exact) mass is 432 g/mol. The first kappa shape index (κ1) is 21.4. The molecule has 2 aromatic rings. The number of allylic oxidation sites excluding steroid dienone is 1. The molecule has 1 heterocycles. The van der Waals surface area contributed by atoms with Crippen molar-refractivity contribution in [3.8, 4) is 0 Å². The Morgan fingerprint density at radius 3 is 2.44 bits per heavy atom. The number of halogens is 1. The second kappa shape index (κ2) is 8.82. The zero-order chi connectivity index (χ0) is 22.0. The number of carbonyl (C=O) groups excluding carboxylic acids is 1. The van der Waals surface area contributed by atoms with Crippen LogP contribution < -0.4 is 5.32 Å². The number of amides is 1. The van der Waals surface area contributed by atoms with Gasteiger partial charge in [-0.05, 0) is 80.6 Å². The van der Waals surface area contributed by atoms with E-state index in [1.807, 2.05) is 0 Å². The number of benzene rings is 2. The molecule has 1 saturated carbocycles. The number of nitrogens with one attached hydrogen (secondary N) is 1. The van der Waals surface area contributed by atoms with Crippen LogP contribution in [0.25, 0.3) is 6.08 Å². The molecule has 3 nitrogen and oxygen atoms in total. The van der Waals surface area contributed by atoms with Crippen LogP contribution in [-0.2, 0) is 15.6 Å². The van der Waals surface area contributed by atoms with Crippen molar-refractivity contribution in [1.82, 2.24) is 10.2 Å². The number of nitrogens with zero attached hydrogens (tertiary/aromatic N) is 1. The quantitative estimate of drug-likeness (QED) is 0.636. The van der Waals surface area contributed by atoms with Gasteiger partial charge in [0.2, 0.25) is 5.91 Å². The van der Waals surface area contributed by atoms with Crippen LogP contribution in [0.15, 0.2) is 54.6 Å². The molecule has 0 radical (unpaired) electrons. The largest absolute Gasteiger partial charge is 0.355 e. The number of likely N-dealkylation sites (tertiary alicyclic amines) is 1. The molecule has 1 spiro atoms. The molecule has 4 heteroatoms. The SMILES string of the molecule is O=C(NCCCN1CCC2(C=Cc3ccccc32)CC1)C1(c2ccc(F)cc2)CCCC1. The van der Waals surface area contributed by atoms with E-state index in [1.54, 1.807) is 12.1 Å². The summed E-state index contributed by atoms with van der Waals surface area (Å²) in [4.78, 5) is 15.7. The highest BCUT2D eigenvalue weighted by atomic mass is 19.1. The zero-order valence-electron chi connectivity index (χ0n) is 18.8. The Kier molecular flexibility index (Phi) is 5.90. The Labute approximate surface area is 190 Å². The summed E-state index contributed by atoms with van der Waals surface area (Å²) >= 11 is 0. The van der Waals surface area contributed by atoms with E-state index in [-0.39, 0.29) is 17.1 Å². The van der Waals surface area contributed by atoms with Gasteiger partial charge in [-0.1, -0.05) is 61.4 Å². The Balaban J connectivity index is 1.11. The van der Waals surface area contributed by atoms with Crippen molar-refractivity contribution in [2.24, 2.45) is 0 Å². The predicted molar refractivity (Wildman–Crippen MR) is 127 cm³/mol. The Morgan fingerprint density at radius 1 is 0.969 bits per heavy atom. The van der Waals surface area contributed by atoms with Gasteiger partial charge < -0.3 is 10.2 Å². The summed E-state index contributed by atoms with van der Waals surface area (Å²) in [6.45, 7) is 3.93. The summed E-state index contributed by atoms with van der Waals surface area (Å²) in [5.41, 5.74) is 3.58. The lowest BCUT2D eigenvalue weighted by atomic mass is 9.74. The number of hydrogen-bond acceptors (Lipinski definition) is 2. The number of rotatable bonds is 6. The summed E-state index contributed by atoms with van der Waals surface area (Å²) in [5, 5.41) is 3.21. The molecule has 2 aliphatic carbocycles. The number of carbonyl (C=O) groups is 1. The minimum Gasteiger partial charge on any atom is -0.355 e. The van der Waals surface area contributed by atoms with Gasteiger partial charge in [0, 0.05) is 12.0 Å². The summed E-state index contributed by atoms with van der Waals surface area (Å²) in [6, 6.07) is 15.3. The van der Waals surface area contributed by atoms with Crippen molar-refractivity contribution < 1.29 is 9.18 Å². The van der Waals surface area contributed by atoms with E-state index >= 15 is 0 Å². The van der Waals surface area contributed by atoms with Gasteiger partial charge in [0.05, 0.1) is 5.41 Å². The number of piperidine rings is 1. The van der Waals surface area contributed by atoms with Gasteiger partial charge in [0.25, 0.3) is 0 Å². The van der Waals surface area contributed by atoms with Crippen molar-refractivity contribution in [2.45, 2.75) is 55.8 Å². The second-order valence-electron chi connectivity index (χ2n) is 9.82.